The van der Waals surface area contributed by atoms with Crippen molar-refractivity contribution in [3.05, 3.63) is 0 Å². The van der Waals surface area contributed by atoms with Gasteiger partial charge in [-0.2, -0.15) is 0 Å². The van der Waals surface area contributed by atoms with Crippen molar-refractivity contribution in [2.75, 3.05) is 18.8 Å². The average Bonchev–Trinajstić information content (AvgIpc) is 2.21. The van der Waals surface area contributed by atoms with Gasteiger partial charge in [-0.15, -0.1) is 0 Å². The summed E-state index contributed by atoms with van der Waals surface area (Å²) >= 11 is 0. The first-order chi connectivity index (χ1) is 7.87. The van der Waals surface area contributed by atoms with E-state index >= 15 is 0 Å². The zero-order valence-electron chi connectivity index (χ0n) is 11.0. The van der Waals surface area contributed by atoms with E-state index in [0.29, 0.717) is 25.3 Å². The smallest absolute Gasteiger partial charge is 0.220 e. The summed E-state index contributed by atoms with van der Waals surface area (Å²) in [6.07, 6.45) is 1.99. The molecule has 0 aromatic carbocycles. The Morgan fingerprint density at radius 2 is 1.88 bits per heavy atom. The summed E-state index contributed by atoms with van der Waals surface area (Å²) in [7, 11) is -3.17. The first-order valence-corrected chi connectivity index (χ1v) is 7.76. The lowest BCUT2D eigenvalue weighted by Gasteiger charge is -2.08. The van der Waals surface area contributed by atoms with Crippen LogP contribution in [0, 0.1) is 5.92 Å². The monoisotopic (exact) mass is 264 g/mol. The number of carbonyl (C=O) groups excluding carboxylic acids is 1. The Morgan fingerprint density at radius 1 is 1.24 bits per heavy atom. The van der Waals surface area contributed by atoms with E-state index in [1.54, 1.807) is 0 Å². The molecule has 0 radical (unpaired) electrons. The standard InChI is InChI=1S/C11H24N2O3S/c1-4-5-8-17(15,16)13-7-6-12-11(14)9-10(2)3/h10,13H,4-9H2,1-3H3,(H,12,14). The van der Waals surface area contributed by atoms with Gasteiger partial charge in [0.15, 0.2) is 0 Å². The molecule has 0 aliphatic rings. The largest absolute Gasteiger partial charge is 0.355 e. The second-order valence-electron chi connectivity index (χ2n) is 4.51. The van der Waals surface area contributed by atoms with E-state index in [9.17, 15) is 13.2 Å². The Hall–Kier alpha value is -0.620. The molecule has 0 aliphatic heterocycles. The van der Waals surface area contributed by atoms with Crippen molar-refractivity contribution >= 4 is 15.9 Å². The number of hydrogen-bond acceptors (Lipinski definition) is 3. The highest BCUT2D eigenvalue weighted by atomic mass is 32.2. The number of hydrogen-bond donors (Lipinski definition) is 2. The van der Waals surface area contributed by atoms with Crippen LogP contribution in [0.4, 0.5) is 0 Å². The molecular formula is C11H24N2O3S. The van der Waals surface area contributed by atoms with Gasteiger partial charge in [0.25, 0.3) is 0 Å². The summed E-state index contributed by atoms with van der Waals surface area (Å²) in [6, 6.07) is 0. The molecule has 17 heavy (non-hydrogen) atoms. The lowest BCUT2D eigenvalue weighted by molar-refractivity contribution is -0.121. The van der Waals surface area contributed by atoms with Gasteiger partial charge in [-0.05, 0) is 12.3 Å². The summed E-state index contributed by atoms with van der Waals surface area (Å²) in [5.41, 5.74) is 0. The fraction of sp³-hybridized carbons (Fsp3) is 0.909. The van der Waals surface area contributed by atoms with Crippen LogP contribution in [0.3, 0.4) is 0 Å². The quantitative estimate of drug-likeness (QED) is 0.607. The average molecular weight is 264 g/mol. The van der Waals surface area contributed by atoms with Gasteiger partial charge >= 0.3 is 0 Å². The van der Waals surface area contributed by atoms with Crippen molar-refractivity contribution in [2.24, 2.45) is 5.92 Å². The fourth-order valence-electron chi connectivity index (χ4n) is 1.26. The van der Waals surface area contributed by atoms with Gasteiger partial charge in [-0.1, -0.05) is 27.2 Å². The second-order valence-corrected chi connectivity index (χ2v) is 6.44. The van der Waals surface area contributed by atoms with Crippen molar-refractivity contribution in [2.45, 2.75) is 40.0 Å². The highest BCUT2D eigenvalue weighted by molar-refractivity contribution is 7.89. The molecule has 0 atom stereocenters. The lowest BCUT2D eigenvalue weighted by atomic mass is 10.1. The van der Waals surface area contributed by atoms with Crippen LogP contribution in [0.1, 0.15) is 40.0 Å². The zero-order chi connectivity index (χ0) is 13.3. The van der Waals surface area contributed by atoms with Crippen LogP contribution >= 0.6 is 0 Å². The van der Waals surface area contributed by atoms with E-state index in [4.69, 9.17) is 0 Å². The molecule has 0 rings (SSSR count). The Kier molecular flexibility index (Phi) is 8.16. The van der Waals surface area contributed by atoms with Gasteiger partial charge in [0.1, 0.15) is 0 Å². The second kappa shape index (κ2) is 8.47. The maximum Gasteiger partial charge on any atom is 0.220 e. The minimum atomic E-state index is -3.17. The van der Waals surface area contributed by atoms with Crippen molar-refractivity contribution in [1.29, 1.82) is 0 Å². The molecule has 1 amide bonds. The van der Waals surface area contributed by atoms with Gasteiger partial charge in [0.2, 0.25) is 15.9 Å². The van der Waals surface area contributed by atoms with Crippen LogP contribution in [-0.2, 0) is 14.8 Å². The van der Waals surface area contributed by atoms with E-state index in [1.165, 1.54) is 0 Å². The van der Waals surface area contributed by atoms with E-state index < -0.39 is 10.0 Å². The number of nitrogens with one attached hydrogen (secondary N) is 2. The Morgan fingerprint density at radius 3 is 2.41 bits per heavy atom. The molecule has 0 saturated carbocycles. The molecule has 0 spiro atoms. The summed E-state index contributed by atoms with van der Waals surface area (Å²) in [4.78, 5) is 11.3. The topological polar surface area (TPSA) is 75.3 Å². The van der Waals surface area contributed by atoms with E-state index in [2.05, 4.69) is 10.0 Å². The van der Waals surface area contributed by atoms with Crippen LogP contribution in [0.2, 0.25) is 0 Å². The van der Waals surface area contributed by atoms with Crippen LogP contribution in [0.5, 0.6) is 0 Å². The van der Waals surface area contributed by atoms with Crippen LogP contribution in [0.25, 0.3) is 0 Å². The predicted octanol–water partition coefficient (Wildman–Crippen LogP) is 0.868. The van der Waals surface area contributed by atoms with E-state index in [0.717, 1.165) is 6.42 Å². The third-order valence-corrected chi connectivity index (χ3v) is 3.60. The third-order valence-electron chi connectivity index (χ3n) is 2.13. The Labute approximate surface area is 104 Å². The van der Waals surface area contributed by atoms with E-state index in [1.807, 2.05) is 20.8 Å². The maximum absolute atomic E-state index is 11.4. The maximum atomic E-state index is 11.4. The van der Waals surface area contributed by atoms with Crippen molar-refractivity contribution in [3.8, 4) is 0 Å². The number of unbranched alkanes of at least 4 members (excludes halogenated alkanes) is 1. The molecule has 102 valence electrons. The summed E-state index contributed by atoms with van der Waals surface area (Å²) in [6.45, 7) is 6.48. The zero-order valence-corrected chi connectivity index (χ0v) is 11.8. The van der Waals surface area contributed by atoms with Gasteiger partial charge in [-0.3, -0.25) is 4.79 Å². The summed E-state index contributed by atoms with van der Waals surface area (Å²) in [5, 5.41) is 2.68. The molecule has 2 N–H and O–H groups in total. The Bertz CT molecular complexity index is 313. The highest BCUT2D eigenvalue weighted by Gasteiger charge is 2.08. The van der Waals surface area contributed by atoms with Gasteiger partial charge in [0.05, 0.1) is 5.75 Å². The molecular weight excluding hydrogens is 240 g/mol. The van der Waals surface area contributed by atoms with Crippen LogP contribution < -0.4 is 10.0 Å². The van der Waals surface area contributed by atoms with Gasteiger partial charge in [0, 0.05) is 19.5 Å². The third kappa shape index (κ3) is 10.3. The van der Waals surface area contributed by atoms with Gasteiger partial charge < -0.3 is 5.32 Å². The SMILES string of the molecule is CCCCS(=O)(=O)NCCNC(=O)CC(C)C. The number of sulfonamides is 1. The molecule has 0 bridgehead atoms. The Balaban J connectivity index is 3.67. The lowest BCUT2D eigenvalue weighted by Crippen LogP contribution is -2.36. The van der Waals surface area contributed by atoms with E-state index in [-0.39, 0.29) is 18.2 Å². The van der Waals surface area contributed by atoms with Crippen molar-refractivity contribution in [1.82, 2.24) is 10.0 Å². The first kappa shape index (κ1) is 16.4. The fourth-order valence-corrected chi connectivity index (χ4v) is 2.48. The minimum Gasteiger partial charge on any atom is -0.355 e. The predicted molar refractivity (Wildman–Crippen MR) is 69.2 cm³/mol. The molecule has 0 fully saturated rings. The van der Waals surface area contributed by atoms with Crippen molar-refractivity contribution in [3.63, 3.8) is 0 Å². The number of carbonyl (C=O) groups is 1. The van der Waals surface area contributed by atoms with Crippen LogP contribution in [-0.4, -0.2) is 33.2 Å². The molecule has 0 aromatic heterocycles. The summed E-state index contributed by atoms with van der Waals surface area (Å²) < 4.78 is 25.2. The van der Waals surface area contributed by atoms with Crippen molar-refractivity contribution < 1.29 is 13.2 Å². The normalized spacial score (nSPS) is 11.8. The number of rotatable bonds is 9. The van der Waals surface area contributed by atoms with Crippen LogP contribution in [0.15, 0.2) is 0 Å². The molecule has 0 unspecified atom stereocenters. The number of amides is 1. The first-order valence-electron chi connectivity index (χ1n) is 6.11. The minimum absolute atomic E-state index is 0.0345. The summed E-state index contributed by atoms with van der Waals surface area (Å²) in [5.74, 6) is 0.438. The molecule has 0 aliphatic carbocycles. The molecule has 0 aromatic rings. The highest BCUT2D eigenvalue weighted by Crippen LogP contribution is 1.97. The van der Waals surface area contributed by atoms with Gasteiger partial charge in [-0.25, -0.2) is 13.1 Å². The molecule has 0 saturated heterocycles. The molecule has 0 heterocycles. The molecule has 6 heteroatoms. The molecule has 5 nitrogen and oxygen atoms in total.